The Hall–Kier alpha value is -1.29. The lowest BCUT2D eigenvalue weighted by Gasteiger charge is -2.07. The van der Waals surface area contributed by atoms with E-state index in [4.69, 9.17) is 34.8 Å². The zero-order valence-electron chi connectivity index (χ0n) is 9.78. The lowest BCUT2D eigenvalue weighted by atomic mass is 10.1. The number of nitrogens with zero attached hydrogens (tertiary/aromatic N) is 1. The van der Waals surface area contributed by atoms with E-state index >= 15 is 0 Å². The summed E-state index contributed by atoms with van der Waals surface area (Å²) in [7, 11) is 1.27. The molecule has 2 rings (SSSR count). The fourth-order valence-corrected chi connectivity index (χ4v) is 2.21. The van der Waals surface area contributed by atoms with Crippen LogP contribution in [-0.4, -0.2) is 18.1 Å². The Kier molecular flexibility index (Phi) is 4.30. The van der Waals surface area contributed by atoms with Gasteiger partial charge in [0.05, 0.1) is 22.2 Å². The number of rotatable bonds is 2. The molecule has 0 aliphatic carbocycles. The molecular formula is C13H8Cl3NO2. The Morgan fingerprint density at radius 3 is 2.58 bits per heavy atom. The molecule has 98 valence electrons. The molecule has 3 nitrogen and oxygen atoms in total. The van der Waals surface area contributed by atoms with E-state index in [9.17, 15) is 4.79 Å². The van der Waals surface area contributed by atoms with Gasteiger partial charge in [0.25, 0.3) is 0 Å². The van der Waals surface area contributed by atoms with Gasteiger partial charge < -0.3 is 4.74 Å². The van der Waals surface area contributed by atoms with Crippen molar-refractivity contribution in [2.75, 3.05) is 7.11 Å². The molecule has 0 amide bonds. The molecule has 0 radical (unpaired) electrons. The highest BCUT2D eigenvalue weighted by Gasteiger charge is 2.15. The Bertz CT molecular complexity index is 644. The van der Waals surface area contributed by atoms with Gasteiger partial charge in [-0.15, -0.1) is 0 Å². The van der Waals surface area contributed by atoms with E-state index in [0.29, 0.717) is 21.2 Å². The van der Waals surface area contributed by atoms with E-state index in [2.05, 4.69) is 9.72 Å². The molecule has 0 spiro atoms. The third-order valence-corrected chi connectivity index (χ3v) is 3.59. The quantitative estimate of drug-likeness (QED) is 0.766. The summed E-state index contributed by atoms with van der Waals surface area (Å²) in [6.45, 7) is 0. The minimum absolute atomic E-state index is 0.0612. The molecule has 6 heteroatoms. The second-order valence-corrected chi connectivity index (χ2v) is 4.84. The maximum Gasteiger partial charge on any atom is 0.358 e. The first kappa shape index (κ1) is 14.1. The van der Waals surface area contributed by atoms with Crippen LogP contribution in [0.25, 0.3) is 11.1 Å². The number of methoxy groups -OCH3 is 1. The van der Waals surface area contributed by atoms with Gasteiger partial charge in [0, 0.05) is 17.3 Å². The normalized spacial score (nSPS) is 10.3. The zero-order chi connectivity index (χ0) is 14.0. The van der Waals surface area contributed by atoms with Gasteiger partial charge in [0.1, 0.15) is 0 Å². The summed E-state index contributed by atoms with van der Waals surface area (Å²) >= 11 is 18.1. The van der Waals surface area contributed by atoms with E-state index in [0.717, 1.165) is 0 Å². The number of aromatic nitrogens is 1. The van der Waals surface area contributed by atoms with Crippen LogP contribution in [0.3, 0.4) is 0 Å². The first-order valence-electron chi connectivity index (χ1n) is 5.23. The summed E-state index contributed by atoms with van der Waals surface area (Å²) < 4.78 is 4.57. The number of hydrogen-bond acceptors (Lipinski definition) is 3. The Labute approximate surface area is 125 Å². The molecule has 0 atom stereocenters. The van der Waals surface area contributed by atoms with Gasteiger partial charge in [-0.05, 0) is 12.1 Å². The van der Waals surface area contributed by atoms with Gasteiger partial charge in [-0.3, -0.25) is 0 Å². The van der Waals surface area contributed by atoms with Crippen LogP contribution < -0.4 is 0 Å². The van der Waals surface area contributed by atoms with Crippen molar-refractivity contribution >= 4 is 40.8 Å². The monoisotopic (exact) mass is 315 g/mol. The van der Waals surface area contributed by atoms with Gasteiger partial charge in [-0.1, -0.05) is 46.9 Å². The van der Waals surface area contributed by atoms with Gasteiger partial charge in [0.2, 0.25) is 0 Å². The number of hydrogen-bond donors (Lipinski definition) is 0. The molecule has 0 fully saturated rings. The van der Waals surface area contributed by atoms with Crippen molar-refractivity contribution in [3.05, 3.63) is 51.2 Å². The summed E-state index contributed by atoms with van der Waals surface area (Å²) in [6.07, 6.45) is 1.50. The van der Waals surface area contributed by atoms with Crippen LogP contribution in [0.1, 0.15) is 10.5 Å². The van der Waals surface area contributed by atoms with Crippen LogP contribution in [-0.2, 0) is 4.74 Å². The van der Waals surface area contributed by atoms with Crippen molar-refractivity contribution in [2.45, 2.75) is 0 Å². The van der Waals surface area contributed by atoms with Crippen LogP contribution >= 0.6 is 34.8 Å². The molecule has 0 N–H and O–H groups in total. The number of esters is 1. The Morgan fingerprint density at radius 2 is 1.95 bits per heavy atom. The van der Waals surface area contributed by atoms with E-state index in [1.165, 1.54) is 13.3 Å². The van der Waals surface area contributed by atoms with Gasteiger partial charge in [-0.25, -0.2) is 9.78 Å². The molecule has 19 heavy (non-hydrogen) atoms. The van der Waals surface area contributed by atoms with Crippen LogP contribution in [0, 0.1) is 0 Å². The average molecular weight is 317 g/mol. The first-order valence-corrected chi connectivity index (χ1v) is 6.36. The van der Waals surface area contributed by atoms with Crippen LogP contribution in [0.4, 0.5) is 0 Å². The minimum Gasteiger partial charge on any atom is -0.464 e. The molecule has 1 heterocycles. The van der Waals surface area contributed by atoms with Crippen molar-refractivity contribution in [1.29, 1.82) is 0 Å². The van der Waals surface area contributed by atoms with Gasteiger partial charge in [0.15, 0.2) is 5.69 Å². The third kappa shape index (κ3) is 2.84. The highest BCUT2D eigenvalue weighted by Crippen LogP contribution is 2.34. The lowest BCUT2D eigenvalue weighted by molar-refractivity contribution is 0.0594. The van der Waals surface area contributed by atoms with Crippen LogP contribution in [0.5, 0.6) is 0 Å². The molecule has 0 unspecified atom stereocenters. The Morgan fingerprint density at radius 1 is 1.21 bits per heavy atom. The second kappa shape index (κ2) is 5.78. The zero-order valence-corrected chi connectivity index (χ0v) is 12.1. The van der Waals surface area contributed by atoms with E-state index in [1.807, 2.05) is 0 Å². The fraction of sp³-hybridized carbons (Fsp3) is 0.0769. The number of carbonyl (C=O) groups is 1. The average Bonchev–Trinajstić information content (AvgIpc) is 2.41. The predicted octanol–water partition coefficient (Wildman–Crippen LogP) is 4.50. The van der Waals surface area contributed by atoms with E-state index in [1.54, 1.807) is 24.3 Å². The largest absolute Gasteiger partial charge is 0.464 e. The van der Waals surface area contributed by atoms with Gasteiger partial charge >= 0.3 is 5.97 Å². The van der Waals surface area contributed by atoms with E-state index < -0.39 is 5.97 Å². The minimum atomic E-state index is -0.589. The summed E-state index contributed by atoms with van der Waals surface area (Å²) in [5.74, 6) is -0.589. The highest BCUT2D eigenvalue weighted by molar-refractivity contribution is 6.43. The molecule has 2 aromatic rings. The second-order valence-electron chi connectivity index (χ2n) is 3.65. The highest BCUT2D eigenvalue weighted by atomic mass is 35.5. The predicted molar refractivity (Wildman–Crippen MR) is 76.0 cm³/mol. The van der Waals surface area contributed by atoms with Crippen LogP contribution in [0.15, 0.2) is 30.5 Å². The number of ether oxygens (including phenoxy) is 1. The third-order valence-electron chi connectivity index (χ3n) is 2.48. The molecule has 1 aromatic heterocycles. The van der Waals surface area contributed by atoms with Gasteiger partial charge in [-0.2, -0.15) is 0 Å². The molecule has 0 saturated heterocycles. The SMILES string of the molecule is COC(=O)c1ncc(-c2cccc(Cl)c2Cl)cc1Cl. The number of benzene rings is 1. The maximum absolute atomic E-state index is 11.4. The Balaban J connectivity index is 2.51. The fourth-order valence-electron chi connectivity index (χ4n) is 1.56. The molecule has 1 aromatic carbocycles. The topological polar surface area (TPSA) is 39.2 Å². The molecular weight excluding hydrogens is 309 g/mol. The summed E-state index contributed by atoms with van der Waals surface area (Å²) in [6, 6.07) is 6.84. The number of halogens is 3. The van der Waals surface area contributed by atoms with Crippen molar-refractivity contribution in [3.63, 3.8) is 0 Å². The summed E-state index contributed by atoms with van der Waals surface area (Å²) in [5, 5.41) is 1.04. The first-order chi connectivity index (χ1) is 9.04. The van der Waals surface area contributed by atoms with Crippen molar-refractivity contribution in [1.82, 2.24) is 4.98 Å². The molecule has 0 aliphatic heterocycles. The lowest BCUT2D eigenvalue weighted by Crippen LogP contribution is -2.05. The smallest absolute Gasteiger partial charge is 0.358 e. The van der Waals surface area contributed by atoms with Crippen molar-refractivity contribution in [3.8, 4) is 11.1 Å². The molecule has 0 saturated carbocycles. The van der Waals surface area contributed by atoms with Crippen LogP contribution in [0.2, 0.25) is 15.1 Å². The van der Waals surface area contributed by atoms with E-state index in [-0.39, 0.29) is 10.7 Å². The standard InChI is InChI=1S/C13H8Cl3NO2/c1-19-13(18)12-10(15)5-7(6-17-12)8-3-2-4-9(14)11(8)16/h2-6H,1H3. The van der Waals surface area contributed by atoms with Crippen molar-refractivity contribution in [2.24, 2.45) is 0 Å². The molecule has 0 bridgehead atoms. The number of pyridine rings is 1. The van der Waals surface area contributed by atoms with Crippen molar-refractivity contribution < 1.29 is 9.53 Å². The summed E-state index contributed by atoms with van der Waals surface area (Å²) in [4.78, 5) is 15.4. The molecule has 0 aliphatic rings. The summed E-state index contributed by atoms with van der Waals surface area (Å²) in [5.41, 5.74) is 1.43. The maximum atomic E-state index is 11.4. The number of carbonyl (C=O) groups excluding carboxylic acids is 1.